The first-order valence-electron chi connectivity index (χ1n) is 11.6. The Bertz CT molecular complexity index is 777. The highest BCUT2D eigenvalue weighted by atomic mass is 32.1. The molecular formula is C24H39N3O7S. The van der Waals surface area contributed by atoms with Crippen molar-refractivity contribution in [1.82, 2.24) is 16.1 Å². The highest BCUT2D eigenvalue weighted by Crippen LogP contribution is 2.20. The first-order chi connectivity index (χ1) is 16.7. The Hall–Kier alpha value is -2.31. The minimum absolute atomic E-state index is 0.0158. The van der Waals surface area contributed by atoms with Gasteiger partial charge in [-0.15, -0.1) is 0 Å². The van der Waals surface area contributed by atoms with E-state index in [-0.39, 0.29) is 19.1 Å². The van der Waals surface area contributed by atoms with Crippen molar-refractivity contribution in [1.29, 1.82) is 0 Å². The van der Waals surface area contributed by atoms with Crippen molar-refractivity contribution in [3.8, 4) is 5.75 Å². The monoisotopic (exact) mass is 513 g/mol. The lowest BCUT2D eigenvalue weighted by atomic mass is 9.96. The number of methoxy groups -OCH3 is 1. The molecule has 3 unspecified atom stereocenters. The van der Waals surface area contributed by atoms with Crippen LogP contribution in [0.4, 0.5) is 0 Å². The second-order valence-corrected chi connectivity index (χ2v) is 8.87. The number of nitrogens with one attached hydrogen (secondary N) is 3. The number of hydroxylamine groups is 1. The van der Waals surface area contributed by atoms with E-state index in [2.05, 4.69) is 10.6 Å². The molecule has 0 aromatic heterocycles. The number of aryl methyl sites for hydroxylation is 1. The molecule has 0 saturated carbocycles. The number of hydrogen-bond donors (Lipinski definition) is 4. The van der Waals surface area contributed by atoms with Crippen molar-refractivity contribution in [2.24, 2.45) is 11.8 Å². The summed E-state index contributed by atoms with van der Waals surface area (Å²) in [6.07, 6.45) is -0.895. The number of carbonyl (C=O) groups is 2. The van der Waals surface area contributed by atoms with Crippen molar-refractivity contribution in [3.05, 3.63) is 29.8 Å². The molecule has 2 amide bonds. The highest BCUT2D eigenvalue weighted by Gasteiger charge is 2.32. The van der Waals surface area contributed by atoms with Crippen LogP contribution in [0.2, 0.25) is 0 Å². The summed E-state index contributed by atoms with van der Waals surface area (Å²) in [4.78, 5) is 25.6. The summed E-state index contributed by atoms with van der Waals surface area (Å²) >= 11 is 5.51. The van der Waals surface area contributed by atoms with Crippen LogP contribution in [-0.2, 0) is 23.8 Å². The zero-order valence-electron chi connectivity index (χ0n) is 21.2. The SMILES string of the molecule is COCCOCOCCNC(=S)C(NC(=O)C(CC(=O)NO)C(C)Oc1ccc(C)cc1)C(C)C. The summed E-state index contributed by atoms with van der Waals surface area (Å²) in [5, 5.41) is 15.0. The minimum Gasteiger partial charge on any atom is -0.490 e. The maximum Gasteiger partial charge on any atom is 0.244 e. The fourth-order valence-electron chi connectivity index (χ4n) is 3.10. The van der Waals surface area contributed by atoms with E-state index in [4.69, 9.17) is 36.4 Å². The van der Waals surface area contributed by atoms with Crippen molar-refractivity contribution < 1.29 is 33.7 Å². The van der Waals surface area contributed by atoms with Crippen LogP contribution in [0.1, 0.15) is 32.8 Å². The summed E-state index contributed by atoms with van der Waals surface area (Å²) in [7, 11) is 1.60. The van der Waals surface area contributed by atoms with Gasteiger partial charge in [-0.25, -0.2) is 5.48 Å². The van der Waals surface area contributed by atoms with Crippen LogP contribution in [0.15, 0.2) is 24.3 Å². The van der Waals surface area contributed by atoms with E-state index in [0.717, 1.165) is 5.56 Å². The molecule has 4 N–H and O–H groups in total. The Kier molecular flexibility index (Phi) is 15.1. The molecular weight excluding hydrogens is 474 g/mol. The molecule has 0 fully saturated rings. The minimum atomic E-state index is -0.861. The molecule has 0 aliphatic rings. The number of thiocarbonyl (C=S) groups is 1. The van der Waals surface area contributed by atoms with E-state index in [1.165, 1.54) is 0 Å². The van der Waals surface area contributed by atoms with Gasteiger partial charge in [0.05, 0.1) is 36.8 Å². The molecule has 0 bridgehead atoms. The normalized spacial score (nSPS) is 13.6. The van der Waals surface area contributed by atoms with Gasteiger partial charge in [0.2, 0.25) is 11.8 Å². The number of amides is 2. The third-order valence-corrected chi connectivity index (χ3v) is 5.57. The van der Waals surface area contributed by atoms with Gasteiger partial charge in [0.1, 0.15) is 18.6 Å². The standard InChI is InChI=1S/C24H39N3O7S/c1-16(2)22(24(35)25-10-11-32-15-33-13-12-31-5)26-23(29)20(14-21(28)27-30)18(4)34-19-8-6-17(3)7-9-19/h6-9,16,18,20,22,30H,10-15H2,1-5H3,(H,25,35)(H,26,29)(H,27,28). The zero-order chi connectivity index (χ0) is 26.2. The van der Waals surface area contributed by atoms with Gasteiger partial charge in [0.25, 0.3) is 0 Å². The van der Waals surface area contributed by atoms with Gasteiger partial charge >= 0.3 is 0 Å². The van der Waals surface area contributed by atoms with Crippen molar-refractivity contribution in [2.45, 2.75) is 46.3 Å². The van der Waals surface area contributed by atoms with Crippen LogP contribution in [0, 0.1) is 18.8 Å². The molecule has 1 rings (SSSR count). The van der Waals surface area contributed by atoms with Crippen LogP contribution < -0.4 is 20.9 Å². The largest absolute Gasteiger partial charge is 0.490 e. The lowest BCUT2D eigenvalue weighted by Gasteiger charge is -2.29. The van der Waals surface area contributed by atoms with E-state index in [9.17, 15) is 9.59 Å². The smallest absolute Gasteiger partial charge is 0.244 e. The molecule has 0 aliphatic heterocycles. The molecule has 0 aliphatic carbocycles. The molecule has 0 saturated heterocycles. The highest BCUT2D eigenvalue weighted by molar-refractivity contribution is 7.80. The summed E-state index contributed by atoms with van der Waals surface area (Å²) in [6.45, 7) is 9.43. The van der Waals surface area contributed by atoms with Crippen LogP contribution >= 0.6 is 12.2 Å². The number of carbonyl (C=O) groups excluding carboxylic acids is 2. The van der Waals surface area contributed by atoms with E-state index >= 15 is 0 Å². The average Bonchev–Trinajstić information content (AvgIpc) is 2.83. The predicted octanol–water partition coefficient (Wildman–Crippen LogP) is 1.97. The number of hydrogen-bond acceptors (Lipinski definition) is 8. The van der Waals surface area contributed by atoms with E-state index in [1.54, 1.807) is 31.6 Å². The van der Waals surface area contributed by atoms with E-state index < -0.39 is 29.9 Å². The van der Waals surface area contributed by atoms with Crippen LogP contribution in [0.3, 0.4) is 0 Å². The third-order valence-electron chi connectivity index (χ3n) is 5.17. The molecule has 11 heteroatoms. The summed E-state index contributed by atoms with van der Waals surface area (Å²) in [5.41, 5.74) is 2.66. The third kappa shape index (κ3) is 12.3. The van der Waals surface area contributed by atoms with Crippen molar-refractivity contribution >= 4 is 29.0 Å². The topological polar surface area (TPSA) is 127 Å². The molecule has 35 heavy (non-hydrogen) atoms. The molecule has 3 atom stereocenters. The Morgan fingerprint density at radius 1 is 1.06 bits per heavy atom. The van der Waals surface area contributed by atoms with Crippen molar-refractivity contribution in [3.63, 3.8) is 0 Å². The Balaban J connectivity index is 2.71. The first-order valence-corrected chi connectivity index (χ1v) is 12.0. The fourth-order valence-corrected chi connectivity index (χ4v) is 3.53. The van der Waals surface area contributed by atoms with Crippen LogP contribution in [-0.4, -0.2) is 74.4 Å². The Labute approximate surface area is 213 Å². The van der Waals surface area contributed by atoms with Gasteiger partial charge in [-0.3, -0.25) is 14.8 Å². The summed E-state index contributed by atoms with van der Waals surface area (Å²) < 4.78 is 21.4. The lowest BCUT2D eigenvalue weighted by molar-refractivity contribution is -0.137. The van der Waals surface area contributed by atoms with Crippen LogP contribution in [0.5, 0.6) is 5.75 Å². The second-order valence-electron chi connectivity index (χ2n) is 8.43. The molecule has 0 heterocycles. The molecule has 1 aromatic carbocycles. The van der Waals surface area contributed by atoms with Gasteiger partial charge < -0.3 is 29.6 Å². The van der Waals surface area contributed by atoms with Crippen molar-refractivity contribution in [2.75, 3.05) is 40.3 Å². The molecule has 10 nitrogen and oxygen atoms in total. The summed E-state index contributed by atoms with van der Waals surface area (Å²) in [6, 6.07) is 6.92. The zero-order valence-corrected chi connectivity index (χ0v) is 22.0. The predicted molar refractivity (Wildman–Crippen MR) is 135 cm³/mol. The molecule has 1 aromatic rings. The fraction of sp³-hybridized carbons (Fsp3) is 0.625. The molecule has 0 spiro atoms. The Morgan fingerprint density at radius 3 is 2.31 bits per heavy atom. The number of rotatable bonds is 17. The van der Waals surface area contributed by atoms with E-state index in [1.807, 2.05) is 32.9 Å². The molecule has 0 radical (unpaired) electrons. The van der Waals surface area contributed by atoms with Gasteiger partial charge in [0.15, 0.2) is 0 Å². The second kappa shape index (κ2) is 17.2. The maximum absolute atomic E-state index is 13.2. The first kappa shape index (κ1) is 30.7. The lowest BCUT2D eigenvalue weighted by Crippen LogP contribution is -2.53. The van der Waals surface area contributed by atoms with Gasteiger partial charge in [-0.05, 0) is 31.9 Å². The average molecular weight is 514 g/mol. The Morgan fingerprint density at radius 2 is 1.71 bits per heavy atom. The maximum atomic E-state index is 13.2. The van der Waals surface area contributed by atoms with E-state index in [0.29, 0.717) is 37.1 Å². The van der Waals surface area contributed by atoms with Gasteiger partial charge in [-0.2, -0.15) is 0 Å². The molecule has 198 valence electrons. The quantitative estimate of drug-likeness (QED) is 0.0813. The number of ether oxygens (including phenoxy) is 4. The van der Waals surface area contributed by atoms with Gasteiger partial charge in [0, 0.05) is 20.1 Å². The summed E-state index contributed by atoms with van der Waals surface area (Å²) in [5.74, 6) is -1.39. The van der Waals surface area contributed by atoms with Gasteiger partial charge in [-0.1, -0.05) is 43.8 Å². The van der Waals surface area contributed by atoms with Crippen LogP contribution in [0.25, 0.3) is 0 Å². The number of benzene rings is 1.